The molecule has 2 saturated carbocycles. The first-order valence-electron chi connectivity index (χ1n) is 9.99. The smallest absolute Gasteiger partial charge is 0.194 e. The van der Waals surface area contributed by atoms with Gasteiger partial charge in [-0.2, -0.15) is 0 Å². The van der Waals surface area contributed by atoms with Crippen molar-refractivity contribution < 1.29 is 22.6 Å². The maximum Gasteiger partial charge on any atom is 0.194 e. The molecular weight excluding hydrogens is 341 g/mol. The Hall–Kier alpha value is -1.07. The van der Waals surface area contributed by atoms with Gasteiger partial charge in [-0.05, 0) is 55.2 Å². The van der Waals surface area contributed by atoms with Crippen LogP contribution in [0.15, 0.2) is 12.1 Å². The van der Waals surface area contributed by atoms with Crippen LogP contribution in [0, 0.1) is 35.2 Å². The number of ether oxygens (including phenoxy) is 2. The van der Waals surface area contributed by atoms with Crippen molar-refractivity contribution in [3.05, 3.63) is 35.1 Å². The van der Waals surface area contributed by atoms with Crippen molar-refractivity contribution in [3.63, 3.8) is 0 Å². The minimum Gasteiger partial charge on any atom is -0.352 e. The number of hydrogen-bond donors (Lipinski definition) is 0. The van der Waals surface area contributed by atoms with E-state index in [9.17, 15) is 13.2 Å². The van der Waals surface area contributed by atoms with Crippen LogP contribution in [0.4, 0.5) is 13.2 Å². The van der Waals surface area contributed by atoms with Crippen molar-refractivity contribution >= 4 is 0 Å². The largest absolute Gasteiger partial charge is 0.352 e. The number of benzene rings is 1. The molecule has 3 fully saturated rings. The summed E-state index contributed by atoms with van der Waals surface area (Å²) >= 11 is 0. The van der Waals surface area contributed by atoms with Gasteiger partial charge in [-0.15, -0.1) is 0 Å². The Labute approximate surface area is 153 Å². The van der Waals surface area contributed by atoms with Crippen LogP contribution >= 0.6 is 0 Å². The lowest BCUT2D eigenvalue weighted by molar-refractivity contribution is -0.234. The third-order valence-electron chi connectivity index (χ3n) is 6.65. The van der Waals surface area contributed by atoms with E-state index in [0.717, 1.165) is 56.9 Å². The highest BCUT2D eigenvalue weighted by atomic mass is 19.2. The second-order valence-corrected chi connectivity index (χ2v) is 8.25. The van der Waals surface area contributed by atoms with Crippen LogP contribution in [0.2, 0.25) is 0 Å². The summed E-state index contributed by atoms with van der Waals surface area (Å²) in [5.41, 5.74) is 0.562. The summed E-state index contributed by atoms with van der Waals surface area (Å²) in [5, 5.41) is 0. The zero-order chi connectivity index (χ0) is 18.1. The van der Waals surface area contributed by atoms with Crippen molar-refractivity contribution in [2.75, 3.05) is 13.2 Å². The van der Waals surface area contributed by atoms with Gasteiger partial charge < -0.3 is 9.47 Å². The van der Waals surface area contributed by atoms with Gasteiger partial charge in [0.2, 0.25) is 0 Å². The summed E-state index contributed by atoms with van der Waals surface area (Å²) in [4.78, 5) is 0. The van der Waals surface area contributed by atoms with Crippen LogP contribution in [-0.2, 0) is 9.47 Å². The fourth-order valence-corrected chi connectivity index (χ4v) is 5.04. The van der Waals surface area contributed by atoms with Crippen molar-refractivity contribution in [2.45, 2.75) is 63.6 Å². The van der Waals surface area contributed by atoms with E-state index in [-0.39, 0.29) is 12.2 Å². The first kappa shape index (κ1) is 18.3. The monoisotopic (exact) mass is 368 g/mol. The Balaban J connectivity index is 1.29. The van der Waals surface area contributed by atoms with E-state index in [1.54, 1.807) is 0 Å². The van der Waals surface area contributed by atoms with E-state index in [0.29, 0.717) is 17.4 Å². The second-order valence-electron chi connectivity index (χ2n) is 8.25. The summed E-state index contributed by atoms with van der Waals surface area (Å²) in [6.07, 6.45) is 8.59. The third-order valence-corrected chi connectivity index (χ3v) is 6.65. The number of hydrogen-bond acceptors (Lipinski definition) is 2. The molecule has 2 nitrogen and oxygen atoms in total. The minimum absolute atomic E-state index is 0.0747. The van der Waals surface area contributed by atoms with Crippen LogP contribution < -0.4 is 0 Å². The van der Waals surface area contributed by atoms with E-state index in [2.05, 4.69) is 0 Å². The Morgan fingerprint density at radius 3 is 1.85 bits per heavy atom. The molecule has 1 aromatic rings. The lowest BCUT2D eigenvalue weighted by Crippen LogP contribution is -2.40. The molecule has 1 heterocycles. The number of rotatable bonds is 3. The molecule has 0 amide bonds. The molecule has 144 valence electrons. The fourth-order valence-electron chi connectivity index (χ4n) is 5.04. The zero-order valence-corrected chi connectivity index (χ0v) is 15.1. The topological polar surface area (TPSA) is 18.5 Å². The molecule has 2 aliphatic carbocycles. The van der Waals surface area contributed by atoms with Crippen molar-refractivity contribution in [1.82, 2.24) is 0 Å². The molecule has 3 aliphatic rings. The van der Waals surface area contributed by atoms with Gasteiger partial charge in [0.05, 0.1) is 13.2 Å². The van der Waals surface area contributed by atoms with Gasteiger partial charge in [-0.25, -0.2) is 13.2 Å². The third kappa shape index (κ3) is 3.79. The van der Waals surface area contributed by atoms with E-state index < -0.39 is 17.5 Å². The van der Waals surface area contributed by atoms with E-state index in [1.807, 2.05) is 0 Å². The van der Waals surface area contributed by atoms with Crippen LogP contribution in [0.3, 0.4) is 0 Å². The van der Waals surface area contributed by atoms with Crippen molar-refractivity contribution in [2.24, 2.45) is 17.8 Å². The fraction of sp³-hybridized carbons (Fsp3) is 0.714. The zero-order valence-electron chi connectivity index (χ0n) is 15.1. The summed E-state index contributed by atoms with van der Waals surface area (Å²) in [7, 11) is 0. The molecule has 0 bridgehead atoms. The molecule has 0 aromatic heterocycles. The lowest BCUT2D eigenvalue weighted by Gasteiger charge is -2.39. The van der Waals surface area contributed by atoms with Crippen LogP contribution in [0.1, 0.15) is 62.8 Å². The predicted octanol–water partition coefficient (Wildman–Crippen LogP) is 5.56. The quantitative estimate of drug-likeness (QED) is 0.651. The van der Waals surface area contributed by atoms with Gasteiger partial charge in [0.1, 0.15) is 0 Å². The summed E-state index contributed by atoms with van der Waals surface area (Å²) < 4.78 is 52.2. The van der Waals surface area contributed by atoms with Gasteiger partial charge in [0, 0.05) is 11.8 Å². The molecule has 1 aromatic carbocycles. The minimum atomic E-state index is -1.39. The average Bonchev–Trinajstić information content (AvgIpc) is 3.21. The van der Waals surface area contributed by atoms with Gasteiger partial charge in [-0.3, -0.25) is 0 Å². The molecular formula is C21H27F3O2. The van der Waals surface area contributed by atoms with E-state index >= 15 is 0 Å². The normalized spacial score (nSPS) is 33.5. The molecule has 1 saturated heterocycles. The van der Waals surface area contributed by atoms with Gasteiger partial charge in [-0.1, -0.05) is 25.7 Å². The molecule has 26 heavy (non-hydrogen) atoms. The molecule has 0 unspecified atom stereocenters. The van der Waals surface area contributed by atoms with Gasteiger partial charge in [0.15, 0.2) is 23.7 Å². The van der Waals surface area contributed by atoms with Crippen molar-refractivity contribution in [3.8, 4) is 0 Å². The predicted molar refractivity (Wildman–Crippen MR) is 92.2 cm³/mol. The van der Waals surface area contributed by atoms with Crippen LogP contribution in [-0.4, -0.2) is 19.5 Å². The van der Waals surface area contributed by atoms with Crippen molar-refractivity contribution in [1.29, 1.82) is 0 Å². The summed E-state index contributed by atoms with van der Waals surface area (Å²) in [6, 6.07) is 2.28. The number of halogens is 3. The average molecular weight is 368 g/mol. The molecule has 0 radical (unpaired) electrons. The second kappa shape index (κ2) is 7.89. The molecule has 0 N–H and O–H groups in total. The SMILES string of the molecule is Fc1cc(C2CCC([C@H]3OC[C@H](C4CCCC4)CO3)CC2)cc(F)c1F. The summed E-state index contributed by atoms with van der Waals surface area (Å²) in [5.74, 6) is -1.87. The maximum absolute atomic E-state index is 13.5. The molecule has 0 spiro atoms. The van der Waals surface area contributed by atoms with Crippen LogP contribution in [0.5, 0.6) is 0 Å². The standard InChI is InChI=1S/C21H27F3O2/c22-18-9-16(10-19(23)20(18)24)14-5-7-15(8-6-14)21-25-11-17(12-26-21)13-3-1-2-4-13/h9-10,13-15,17,21H,1-8,11-12H2/t14?,15?,17-,21-. The first-order chi connectivity index (χ1) is 12.6. The van der Waals surface area contributed by atoms with Crippen LogP contribution in [0.25, 0.3) is 0 Å². The Bertz CT molecular complexity index is 591. The first-order valence-corrected chi connectivity index (χ1v) is 9.99. The lowest BCUT2D eigenvalue weighted by atomic mass is 9.78. The molecule has 0 atom stereocenters. The Morgan fingerprint density at radius 2 is 1.27 bits per heavy atom. The highest BCUT2D eigenvalue weighted by Crippen LogP contribution is 2.41. The van der Waals surface area contributed by atoms with E-state index in [1.165, 1.54) is 25.7 Å². The van der Waals surface area contributed by atoms with E-state index in [4.69, 9.17) is 9.47 Å². The maximum atomic E-state index is 13.5. The van der Waals surface area contributed by atoms with Gasteiger partial charge in [0.25, 0.3) is 0 Å². The molecule has 5 heteroatoms. The highest BCUT2D eigenvalue weighted by molar-refractivity contribution is 5.23. The molecule has 4 rings (SSSR count). The summed E-state index contributed by atoms with van der Waals surface area (Å²) in [6.45, 7) is 1.59. The van der Waals surface area contributed by atoms with Gasteiger partial charge >= 0.3 is 0 Å². The molecule has 1 aliphatic heterocycles. The Morgan fingerprint density at radius 1 is 0.692 bits per heavy atom. The highest BCUT2D eigenvalue weighted by Gasteiger charge is 2.36. The Kier molecular flexibility index (Phi) is 5.55.